The minimum atomic E-state index is -1.01. The molecule has 1 aromatic carbocycles. The predicted molar refractivity (Wildman–Crippen MR) is 163 cm³/mol. The van der Waals surface area contributed by atoms with Crippen LogP contribution in [-0.2, 0) is 39.9 Å². The Labute approximate surface area is 258 Å². The largest absolute Gasteiger partial charge is 0.369 e. The summed E-state index contributed by atoms with van der Waals surface area (Å²) in [5.41, 5.74) is 6.13. The highest BCUT2D eigenvalue weighted by Crippen LogP contribution is 2.25. The zero-order chi connectivity index (χ0) is 32.2. The highest BCUT2D eigenvalue weighted by Gasteiger charge is 2.25. The van der Waals surface area contributed by atoms with Gasteiger partial charge in [-0.1, -0.05) is 36.8 Å². The van der Waals surface area contributed by atoms with Gasteiger partial charge in [0.2, 0.25) is 35.4 Å². The highest BCUT2D eigenvalue weighted by atomic mass is 16.5. The third-order valence-electron chi connectivity index (χ3n) is 7.25. The summed E-state index contributed by atoms with van der Waals surface area (Å²) in [6.45, 7) is -0.139. The predicted octanol–water partition coefficient (Wildman–Crippen LogP) is -1.02. The van der Waals surface area contributed by atoms with Crippen LogP contribution in [0.3, 0.4) is 0 Å². The maximum Gasteiger partial charge on any atom is 0.243 e. The Hall–Kier alpha value is -4.04. The number of nitrogens with two attached hydrogens (primary N) is 1. The summed E-state index contributed by atoms with van der Waals surface area (Å²) in [5, 5.41) is 15.7. The van der Waals surface area contributed by atoms with Crippen molar-refractivity contribution in [1.82, 2.24) is 31.9 Å². The number of carbonyl (C=O) groups excluding carboxylic acids is 6. The molecule has 1 aromatic rings. The second-order valence-electron chi connectivity index (χ2n) is 10.8. The lowest BCUT2D eigenvalue weighted by atomic mass is 9.87. The average Bonchev–Trinajstić information content (AvgIpc) is 3.02. The van der Waals surface area contributed by atoms with Crippen molar-refractivity contribution in [2.45, 2.75) is 69.9 Å². The van der Waals surface area contributed by atoms with Crippen LogP contribution in [0.1, 0.15) is 56.9 Å². The fourth-order valence-corrected chi connectivity index (χ4v) is 4.68. The number of benzene rings is 1. The SMILES string of the molecule is CNCCCCCC(=O)NCC(=O)NCC(=O)N[C@@H](Cc1ccccc1)C(=O)NCC(=O)NCOC1CCC(C(N)=O)CC1. The lowest BCUT2D eigenvalue weighted by Crippen LogP contribution is -2.52. The molecule has 1 atom stereocenters. The van der Waals surface area contributed by atoms with Gasteiger partial charge in [-0.25, -0.2) is 0 Å². The van der Waals surface area contributed by atoms with Gasteiger partial charge in [-0.05, 0) is 57.7 Å². The molecule has 0 saturated heterocycles. The monoisotopic (exact) mass is 617 g/mol. The van der Waals surface area contributed by atoms with E-state index in [9.17, 15) is 28.8 Å². The smallest absolute Gasteiger partial charge is 0.243 e. The molecule has 0 bridgehead atoms. The van der Waals surface area contributed by atoms with Crippen LogP contribution in [0, 0.1) is 5.92 Å². The molecular weight excluding hydrogens is 570 g/mol. The second kappa shape index (κ2) is 20.8. The number of rotatable bonds is 20. The van der Waals surface area contributed by atoms with Crippen LogP contribution < -0.4 is 37.6 Å². The molecule has 44 heavy (non-hydrogen) atoms. The van der Waals surface area contributed by atoms with E-state index in [4.69, 9.17) is 10.5 Å². The van der Waals surface area contributed by atoms with E-state index in [1.807, 2.05) is 13.1 Å². The lowest BCUT2D eigenvalue weighted by Gasteiger charge is -2.26. The van der Waals surface area contributed by atoms with Crippen molar-refractivity contribution in [2.24, 2.45) is 11.7 Å². The standard InChI is InChI=1S/C30H47N7O7/c1-32-15-7-3-6-10-25(38)33-17-26(39)34-19-28(41)37-24(16-21-8-4-2-5-9-21)30(43)35-18-27(40)36-20-44-23-13-11-22(12-14-23)29(31)42/h2,4-5,8-9,22-24,32H,3,6-7,10-20H2,1H3,(H2,31,42)(H,33,38)(H,34,39)(H,35,43)(H,36,40)(H,37,41)/t22?,23?,24-/m0/s1. The maximum absolute atomic E-state index is 12.9. The fourth-order valence-electron chi connectivity index (χ4n) is 4.68. The van der Waals surface area contributed by atoms with E-state index < -0.39 is 36.2 Å². The molecule has 14 nitrogen and oxygen atoms in total. The number of carbonyl (C=O) groups is 6. The highest BCUT2D eigenvalue weighted by molar-refractivity contribution is 5.92. The van der Waals surface area contributed by atoms with Gasteiger partial charge in [-0.3, -0.25) is 28.8 Å². The van der Waals surface area contributed by atoms with Crippen molar-refractivity contribution in [1.29, 1.82) is 0 Å². The van der Waals surface area contributed by atoms with Crippen molar-refractivity contribution in [3.8, 4) is 0 Å². The topological polar surface area (TPSA) is 210 Å². The number of amides is 6. The van der Waals surface area contributed by atoms with Gasteiger partial charge in [0, 0.05) is 18.8 Å². The van der Waals surface area contributed by atoms with Crippen LogP contribution in [0.15, 0.2) is 30.3 Å². The summed E-state index contributed by atoms with van der Waals surface area (Å²) in [6, 6.07) is 8.03. The van der Waals surface area contributed by atoms with E-state index in [2.05, 4.69) is 31.9 Å². The van der Waals surface area contributed by atoms with Crippen LogP contribution in [-0.4, -0.2) is 87.5 Å². The van der Waals surface area contributed by atoms with Crippen LogP contribution in [0.4, 0.5) is 0 Å². The normalized spacial score (nSPS) is 16.7. The molecule has 1 aliphatic carbocycles. The zero-order valence-corrected chi connectivity index (χ0v) is 25.5. The van der Waals surface area contributed by atoms with E-state index in [1.54, 1.807) is 24.3 Å². The first kappa shape index (κ1) is 36.2. The van der Waals surface area contributed by atoms with Crippen LogP contribution in [0.5, 0.6) is 0 Å². The van der Waals surface area contributed by atoms with Crippen molar-refractivity contribution in [3.05, 3.63) is 35.9 Å². The third-order valence-corrected chi connectivity index (χ3v) is 7.25. The summed E-state index contributed by atoms with van der Waals surface area (Å²) in [5.74, 6) is -2.86. The minimum absolute atomic E-state index is 0.0401. The fraction of sp³-hybridized carbons (Fsp3) is 0.600. The Morgan fingerprint density at radius 3 is 2.11 bits per heavy atom. The molecule has 1 aliphatic rings. The average molecular weight is 618 g/mol. The van der Waals surface area contributed by atoms with E-state index in [1.165, 1.54) is 0 Å². The first-order chi connectivity index (χ1) is 21.2. The van der Waals surface area contributed by atoms with Crippen molar-refractivity contribution < 1.29 is 33.5 Å². The second-order valence-corrected chi connectivity index (χ2v) is 10.8. The van der Waals surface area contributed by atoms with Gasteiger partial charge in [-0.15, -0.1) is 0 Å². The first-order valence-electron chi connectivity index (χ1n) is 15.1. The van der Waals surface area contributed by atoms with Gasteiger partial charge >= 0.3 is 0 Å². The van der Waals surface area contributed by atoms with E-state index >= 15 is 0 Å². The van der Waals surface area contributed by atoms with E-state index in [-0.39, 0.29) is 50.1 Å². The molecular formula is C30H47N7O7. The quantitative estimate of drug-likeness (QED) is 0.0709. The summed E-state index contributed by atoms with van der Waals surface area (Å²) in [7, 11) is 1.87. The van der Waals surface area contributed by atoms with Crippen LogP contribution in [0.2, 0.25) is 0 Å². The zero-order valence-electron chi connectivity index (χ0n) is 25.5. The molecule has 0 heterocycles. The number of nitrogens with one attached hydrogen (secondary N) is 6. The van der Waals surface area contributed by atoms with E-state index in [0.29, 0.717) is 32.1 Å². The van der Waals surface area contributed by atoms with Gasteiger partial charge in [0.25, 0.3) is 0 Å². The number of hydrogen-bond acceptors (Lipinski definition) is 8. The first-order valence-corrected chi connectivity index (χ1v) is 15.1. The Morgan fingerprint density at radius 1 is 0.795 bits per heavy atom. The Balaban J connectivity index is 1.73. The molecule has 1 saturated carbocycles. The molecule has 0 unspecified atom stereocenters. The summed E-state index contributed by atoms with van der Waals surface area (Å²) < 4.78 is 5.66. The van der Waals surface area contributed by atoms with Crippen molar-refractivity contribution in [2.75, 3.05) is 40.0 Å². The number of ether oxygens (including phenoxy) is 1. The number of unbranched alkanes of at least 4 members (excludes halogenated alkanes) is 2. The van der Waals surface area contributed by atoms with Crippen LogP contribution in [0.25, 0.3) is 0 Å². The minimum Gasteiger partial charge on any atom is -0.369 e. The molecule has 8 N–H and O–H groups in total. The molecule has 244 valence electrons. The number of hydrogen-bond donors (Lipinski definition) is 7. The van der Waals surface area contributed by atoms with Crippen molar-refractivity contribution in [3.63, 3.8) is 0 Å². The van der Waals surface area contributed by atoms with Gasteiger partial charge in [0.05, 0.1) is 25.7 Å². The Bertz CT molecular complexity index is 1080. The van der Waals surface area contributed by atoms with Gasteiger partial charge in [-0.2, -0.15) is 0 Å². The summed E-state index contributed by atoms with van der Waals surface area (Å²) in [4.78, 5) is 73.1. The molecule has 0 aromatic heterocycles. The number of primary amides is 1. The molecule has 14 heteroatoms. The van der Waals surface area contributed by atoms with Crippen molar-refractivity contribution >= 4 is 35.4 Å². The third kappa shape index (κ3) is 15.4. The molecule has 6 amide bonds. The molecule has 0 spiro atoms. The molecule has 1 fully saturated rings. The Kier molecular flexibility index (Phi) is 17.1. The Morgan fingerprint density at radius 2 is 1.43 bits per heavy atom. The molecule has 0 aliphatic heterocycles. The van der Waals surface area contributed by atoms with Crippen LogP contribution >= 0.6 is 0 Å². The van der Waals surface area contributed by atoms with Gasteiger partial charge < -0.3 is 42.4 Å². The maximum atomic E-state index is 12.9. The van der Waals surface area contributed by atoms with Gasteiger partial charge in [0.15, 0.2) is 0 Å². The lowest BCUT2D eigenvalue weighted by molar-refractivity contribution is -0.131. The molecule has 2 rings (SSSR count). The molecule has 0 radical (unpaired) electrons. The van der Waals surface area contributed by atoms with E-state index in [0.717, 1.165) is 31.4 Å². The van der Waals surface area contributed by atoms with Gasteiger partial charge in [0.1, 0.15) is 12.8 Å². The summed E-state index contributed by atoms with van der Waals surface area (Å²) >= 11 is 0. The summed E-state index contributed by atoms with van der Waals surface area (Å²) in [6.07, 6.45) is 5.63.